The molecule has 6 nitrogen and oxygen atoms in total. The first kappa shape index (κ1) is 22.8. The van der Waals surface area contributed by atoms with Crippen LogP contribution >= 0.6 is 23.4 Å². The van der Waals surface area contributed by atoms with Crippen LogP contribution in [0.15, 0.2) is 60.3 Å². The van der Waals surface area contributed by atoms with Gasteiger partial charge in [0.05, 0.1) is 11.4 Å². The molecule has 0 radical (unpaired) electrons. The number of anilines is 1. The second-order valence-corrected chi connectivity index (χ2v) is 8.11. The molecule has 0 aliphatic carbocycles. The summed E-state index contributed by atoms with van der Waals surface area (Å²) < 4.78 is 21.6. The van der Waals surface area contributed by atoms with Crippen LogP contribution in [0.5, 0.6) is 5.75 Å². The van der Waals surface area contributed by atoms with Crippen molar-refractivity contribution in [2.24, 2.45) is 0 Å². The van der Waals surface area contributed by atoms with E-state index in [0.29, 0.717) is 28.3 Å². The van der Waals surface area contributed by atoms with E-state index in [2.05, 4.69) is 22.1 Å². The molecule has 31 heavy (non-hydrogen) atoms. The van der Waals surface area contributed by atoms with Crippen LogP contribution < -0.4 is 10.1 Å². The summed E-state index contributed by atoms with van der Waals surface area (Å²) in [5.41, 5.74) is 1.05. The van der Waals surface area contributed by atoms with Crippen LogP contribution in [0.2, 0.25) is 5.02 Å². The number of thioether (sulfide) groups is 1. The molecule has 0 spiro atoms. The summed E-state index contributed by atoms with van der Waals surface area (Å²) in [7, 11) is 0. The third-order valence-corrected chi connectivity index (χ3v) is 5.54. The molecule has 3 rings (SSSR count). The van der Waals surface area contributed by atoms with Crippen molar-refractivity contribution in [2.45, 2.75) is 31.7 Å². The minimum absolute atomic E-state index is 0.0507. The maximum atomic E-state index is 13.7. The van der Waals surface area contributed by atoms with Crippen LogP contribution in [0.4, 0.5) is 10.1 Å². The van der Waals surface area contributed by atoms with Gasteiger partial charge in [-0.05, 0) is 49.7 Å². The fourth-order valence-electron chi connectivity index (χ4n) is 2.88. The third-order valence-electron chi connectivity index (χ3n) is 4.34. The minimum atomic E-state index is -0.485. The van der Waals surface area contributed by atoms with Gasteiger partial charge in [0.1, 0.15) is 11.6 Å². The molecule has 0 aliphatic rings. The molecule has 1 aromatic heterocycles. The fraction of sp³-hybridized carbons (Fsp3) is 0.227. The summed E-state index contributed by atoms with van der Waals surface area (Å²) in [4.78, 5) is 12.2. The number of hydrogen-bond acceptors (Lipinski definition) is 5. The SMILES string of the molecule is C=CCn1c(SCC(=O)Nc2ccccc2F)nnc1C(C)Oc1ccc(Cl)cc1C. The summed E-state index contributed by atoms with van der Waals surface area (Å²) >= 11 is 7.21. The number of rotatable bonds is 9. The van der Waals surface area contributed by atoms with E-state index in [9.17, 15) is 9.18 Å². The minimum Gasteiger partial charge on any atom is -0.482 e. The van der Waals surface area contributed by atoms with E-state index in [1.807, 2.05) is 30.5 Å². The normalized spacial score (nSPS) is 11.7. The number of nitrogens with one attached hydrogen (secondary N) is 1. The summed E-state index contributed by atoms with van der Waals surface area (Å²) in [5.74, 6) is 0.525. The lowest BCUT2D eigenvalue weighted by Crippen LogP contribution is -2.16. The van der Waals surface area contributed by atoms with Gasteiger partial charge in [-0.15, -0.1) is 16.8 Å². The van der Waals surface area contributed by atoms with Crippen molar-refractivity contribution in [3.8, 4) is 5.75 Å². The van der Waals surface area contributed by atoms with Crippen molar-refractivity contribution in [3.05, 3.63) is 77.3 Å². The number of aryl methyl sites for hydroxylation is 1. The van der Waals surface area contributed by atoms with Gasteiger partial charge in [-0.25, -0.2) is 4.39 Å². The van der Waals surface area contributed by atoms with E-state index in [4.69, 9.17) is 16.3 Å². The second-order valence-electron chi connectivity index (χ2n) is 6.73. The predicted octanol–water partition coefficient (Wildman–Crippen LogP) is 5.44. The number of carbonyl (C=O) groups is 1. The highest BCUT2D eigenvalue weighted by atomic mass is 35.5. The second kappa shape index (κ2) is 10.5. The number of halogens is 2. The lowest BCUT2D eigenvalue weighted by molar-refractivity contribution is -0.113. The van der Waals surface area contributed by atoms with Gasteiger partial charge >= 0.3 is 0 Å². The van der Waals surface area contributed by atoms with Gasteiger partial charge < -0.3 is 10.1 Å². The molecule has 1 unspecified atom stereocenters. The quantitative estimate of drug-likeness (QED) is 0.340. The van der Waals surface area contributed by atoms with Gasteiger partial charge in [0.25, 0.3) is 0 Å². The average Bonchev–Trinajstić information content (AvgIpc) is 3.13. The van der Waals surface area contributed by atoms with Gasteiger partial charge in [0.15, 0.2) is 17.1 Å². The number of benzene rings is 2. The first-order valence-electron chi connectivity index (χ1n) is 9.53. The van der Waals surface area contributed by atoms with E-state index in [-0.39, 0.29) is 17.3 Å². The zero-order chi connectivity index (χ0) is 22.4. The largest absolute Gasteiger partial charge is 0.482 e. The summed E-state index contributed by atoms with van der Waals surface area (Å²) in [6.45, 7) is 8.02. The number of allylic oxidation sites excluding steroid dienone is 1. The lowest BCUT2D eigenvalue weighted by atomic mass is 10.2. The van der Waals surface area contributed by atoms with Gasteiger partial charge in [-0.2, -0.15) is 0 Å². The zero-order valence-electron chi connectivity index (χ0n) is 17.1. The number of para-hydroxylation sites is 1. The summed E-state index contributed by atoms with van der Waals surface area (Å²) in [6, 6.07) is 11.4. The molecule has 0 fully saturated rings. The molecule has 1 atom stereocenters. The molecule has 0 saturated heterocycles. The number of aromatic nitrogens is 3. The van der Waals surface area contributed by atoms with Crippen molar-refractivity contribution in [1.82, 2.24) is 14.8 Å². The van der Waals surface area contributed by atoms with Crippen LogP contribution in [0, 0.1) is 12.7 Å². The Kier molecular flexibility index (Phi) is 7.70. The molecule has 1 heterocycles. The van der Waals surface area contributed by atoms with Gasteiger partial charge in [0.2, 0.25) is 5.91 Å². The van der Waals surface area contributed by atoms with E-state index >= 15 is 0 Å². The van der Waals surface area contributed by atoms with Gasteiger partial charge in [0, 0.05) is 11.6 Å². The van der Waals surface area contributed by atoms with Gasteiger partial charge in [-0.1, -0.05) is 41.6 Å². The fourth-order valence-corrected chi connectivity index (χ4v) is 3.86. The van der Waals surface area contributed by atoms with Crippen LogP contribution in [0.25, 0.3) is 0 Å². The highest BCUT2D eigenvalue weighted by Crippen LogP contribution is 2.28. The van der Waals surface area contributed by atoms with Crippen LogP contribution in [-0.4, -0.2) is 26.4 Å². The first-order chi connectivity index (χ1) is 14.9. The Bertz CT molecular complexity index is 1090. The highest BCUT2D eigenvalue weighted by Gasteiger charge is 2.20. The zero-order valence-corrected chi connectivity index (χ0v) is 18.7. The molecular formula is C22H22ClFN4O2S. The monoisotopic (exact) mass is 460 g/mol. The Labute approximate surface area is 189 Å². The molecule has 0 aliphatic heterocycles. The van der Waals surface area contributed by atoms with Gasteiger partial charge in [-0.3, -0.25) is 9.36 Å². The molecule has 1 amide bonds. The van der Waals surface area contributed by atoms with Crippen molar-refractivity contribution in [3.63, 3.8) is 0 Å². The number of ether oxygens (including phenoxy) is 1. The molecule has 3 aromatic rings. The Balaban J connectivity index is 1.70. The smallest absolute Gasteiger partial charge is 0.234 e. The Morgan fingerprint density at radius 2 is 2.13 bits per heavy atom. The number of nitrogens with zero attached hydrogens (tertiary/aromatic N) is 3. The third kappa shape index (κ3) is 5.86. The van der Waals surface area contributed by atoms with Crippen molar-refractivity contribution < 1.29 is 13.9 Å². The molecule has 0 saturated carbocycles. The standard InChI is InChI=1S/C22H22ClFN4O2S/c1-4-11-28-21(15(3)30-19-10-9-16(23)12-14(19)2)26-27-22(28)31-13-20(29)25-18-8-6-5-7-17(18)24/h4-10,12,15H,1,11,13H2,2-3H3,(H,25,29). The molecule has 1 N–H and O–H groups in total. The molecule has 2 aromatic carbocycles. The first-order valence-corrected chi connectivity index (χ1v) is 10.9. The predicted molar refractivity (Wildman–Crippen MR) is 121 cm³/mol. The maximum Gasteiger partial charge on any atom is 0.234 e. The summed E-state index contributed by atoms with van der Waals surface area (Å²) in [6.07, 6.45) is 1.32. The number of hydrogen-bond donors (Lipinski definition) is 1. The van der Waals surface area contributed by atoms with E-state index < -0.39 is 11.9 Å². The van der Waals surface area contributed by atoms with E-state index in [1.54, 1.807) is 24.3 Å². The van der Waals surface area contributed by atoms with E-state index in [0.717, 1.165) is 5.56 Å². The molecule has 0 bridgehead atoms. The van der Waals surface area contributed by atoms with Crippen LogP contribution in [0.3, 0.4) is 0 Å². The van der Waals surface area contributed by atoms with Crippen LogP contribution in [0.1, 0.15) is 24.4 Å². The number of carbonyl (C=O) groups excluding carboxylic acids is 1. The highest BCUT2D eigenvalue weighted by molar-refractivity contribution is 7.99. The van der Waals surface area contributed by atoms with Crippen molar-refractivity contribution in [1.29, 1.82) is 0 Å². The summed E-state index contributed by atoms with van der Waals surface area (Å²) in [5, 5.41) is 12.2. The Hall–Kier alpha value is -2.84. The number of amides is 1. The Morgan fingerprint density at radius 1 is 1.35 bits per heavy atom. The topological polar surface area (TPSA) is 69.0 Å². The molecular weight excluding hydrogens is 439 g/mol. The van der Waals surface area contributed by atoms with Crippen molar-refractivity contribution in [2.75, 3.05) is 11.1 Å². The lowest BCUT2D eigenvalue weighted by Gasteiger charge is -2.17. The maximum absolute atomic E-state index is 13.7. The Morgan fingerprint density at radius 3 is 2.84 bits per heavy atom. The van der Waals surface area contributed by atoms with E-state index in [1.165, 1.54) is 23.9 Å². The molecule has 162 valence electrons. The molecule has 9 heteroatoms. The van der Waals surface area contributed by atoms with Crippen molar-refractivity contribution >= 4 is 35.0 Å². The van der Waals surface area contributed by atoms with Crippen LogP contribution in [-0.2, 0) is 11.3 Å². The average molecular weight is 461 g/mol.